The minimum atomic E-state index is -0.689. The monoisotopic (exact) mass is 410 g/mol. The first-order valence-corrected chi connectivity index (χ1v) is 9.62. The maximum absolute atomic E-state index is 12.8. The first kappa shape index (κ1) is 21.1. The Labute approximate surface area is 173 Å². The third-order valence-corrected chi connectivity index (χ3v) is 5.35. The van der Waals surface area contributed by atoms with Crippen LogP contribution in [-0.2, 0) is 24.8 Å². The number of hydrogen-bond donors (Lipinski definition) is 2. The lowest BCUT2D eigenvalue weighted by atomic mass is 10.1. The highest BCUT2D eigenvalue weighted by Crippen LogP contribution is 2.19. The van der Waals surface area contributed by atoms with E-state index in [1.807, 2.05) is 51.2 Å². The van der Waals surface area contributed by atoms with Crippen LogP contribution in [0.3, 0.4) is 0 Å². The molecule has 3 rings (SSSR count). The van der Waals surface area contributed by atoms with Gasteiger partial charge in [0.25, 0.3) is 5.56 Å². The van der Waals surface area contributed by atoms with Crippen LogP contribution in [0.5, 0.6) is 0 Å². The molecule has 0 fully saturated rings. The lowest BCUT2D eigenvalue weighted by Crippen LogP contribution is -2.39. The second kappa shape index (κ2) is 8.40. The lowest BCUT2D eigenvalue weighted by molar-refractivity contribution is -0.118. The minimum absolute atomic E-state index is 0.0323. The van der Waals surface area contributed by atoms with Crippen molar-refractivity contribution in [1.82, 2.24) is 19.3 Å². The average Bonchev–Trinajstić information content (AvgIpc) is 2.95. The molecule has 1 aromatic carbocycles. The molecule has 9 heteroatoms. The molecule has 0 atom stereocenters. The van der Waals surface area contributed by atoms with Gasteiger partial charge in [-0.1, -0.05) is 30.3 Å². The first-order valence-electron chi connectivity index (χ1n) is 9.62. The minimum Gasteiger partial charge on any atom is -0.383 e. The van der Waals surface area contributed by atoms with Crippen LogP contribution in [0.25, 0.3) is 0 Å². The van der Waals surface area contributed by atoms with E-state index in [1.165, 1.54) is 16.5 Å². The van der Waals surface area contributed by atoms with Crippen molar-refractivity contribution in [2.24, 2.45) is 7.05 Å². The number of nitrogens with one attached hydrogen (secondary N) is 1. The van der Waals surface area contributed by atoms with Crippen LogP contribution in [0.4, 0.5) is 11.5 Å². The number of nitrogens with two attached hydrogens (primary N) is 1. The number of carbonyl (C=O) groups excluding carboxylic acids is 1. The smallest absolute Gasteiger partial charge is 0.330 e. The van der Waals surface area contributed by atoms with E-state index in [9.17, 15) is 14.4 Å². The first-order chi connectivity index (χ1) is 14.2. The molecule has 0 aliphatic heterocycles. The van der Waals surface area contributed by atoms with Gasteiger partial charge in [-0.15, -0.1) is 0 Å². The van der Waals surface area contributed by atoms with Gasteiger partial charge >= 0.3 is 5.69 Å². The highest BCUT2D eigenvalue weighted by molar-refractivity contribution is 5.95. The van der Waals surface area contributed by atoms with Gasteiger partial charge in [-0.25, -0.2) is 4.79 Å². The van der Waals surface area contributed by atoms with Crippen LogP contribution in [0, 0.1) is 13.8 Å². The molecule has 158 valence electrons. The van der Waals surface area contributed by atoms with Gasteiger partial charge in [0.2, 0.25) is 5.91 Å². The van der Waals surface area contributed by atoms with Gasteiger partial charge in [0, 0.05) is 26.2 Å². The zero-order valence-electron chi connectivity index (χ0n) is 17.6. The molecule has 0 bridgehead atoms. The van der Waals surface area contributed by atoms with E-state index in [0.29, 0.717) is 6.42 Å². The average molecular weight is 410 g/mol. The topological polar surface area (TPSA) is 119 Å². The van der Waals surface area contributed by atoms with Crippen LogP contribution < -0.4 is 21.9 Å². The molecule has 30 heavy (non-hydrogen) atoms. The molecule has 2 heterocycles. The number of H-pyrrole nitrogens is 1. The van der Waals surface area contributed by atoms with Crippen molar-refractivity contribution in [3.05, 3.63) is 73.7 Å². The number of benzene rings is 1. The van der Waals surface area contributed by atoms with Gasteiger partial charge in [-0.2, -0.15) is 5.10 Å². The molecular formula is C21H26N6O3. The number of rotatable bonds is 6. The van der Waals surface area contributed by atoms with Gasteiger partial charge in [0.15, 0.2) is 5.69 Å². The summed E-state index contributed by atoms with van der Waals surface area (Å²) in [5, 5.41) is 4.36. The Hall–Kier alpha value is -3.62. The third kappa shape index (κ3) is 4.05. The maximum atomic E-state index is 12.8. The van der Waals surface area contributed by atoms with E-state index in [-0.39, 0.29) is 30.4 Å². The van der Waals surface area contributed by atoms with Crippen molar-refractivity contribution in [3.8, 4) is 0 Å². The molecule has 0 aliphatic carbocycles. The predicted molar refractivity (Wildman–Crippen MR) is 116 cm³/mol. The van der Waals surface area contributed by atoms with E-state index < -0.39 is 11.2 Å². The number of anilines is 2. The van der Waals surface area contributed by atoms with Gasteiger partial charge in [0.1, 0.15) is 5.82 Å². The summed E-state index contributed by atoms with van der Waals surface area (Å²) in [5.41, 5.74) is 8.56. The maximum Gasteiger partial charge on any atom is 0.330 e. The summed E-state index contributed by atoms with van der Waals surface area (Å²) in [4.78, 5) is 41.0. The molecule has 3 aromatic rings. The van der Waals surface area contributed by atoms with Crippen molar-refractivity contribution in [1.29, 1.82) is 0 Å². The number of nitrogen functional groups attached to an aromatic ring is 1. The number of aromatic amines is 1. The predicted octanol–water partition coefficient (Wildman–Crippen LogP) is 1.11. The van der Waals surface area contributed by atoms with Crippen LogP contribution in [0.1, 0.15) is 28.9 Å². The van der Waals surface area contributed by atoms with Crippen molar-refractivity contribution in [2.45, 2.75) is 33.2 Å². The van der Waals surface area contributed by atoms with Crippen molar-refractivity contribution >= 4 is 17.4 Å². The second-order valence-corrected chi connectivity index (χ2v) is 7.29. The highest BCUT2D eigenvalue weighted by Gasteiger charge is 2.22. The molecule has 0 spiro atoms. The molecular weight excluding hydrogens is 384 g/mol. The van der Waals surface area contributed by atoms with E-state index >= 15 is 0 Å². The Morgan fingerprint density at radius 1 is 1.20 bits per heavy atom. The summed E-state index contributed by atoms with van der Waals surface area (Å²) >= 11 is 0. The fraction of sp³-hybridized carbons (Fsp3) is 0.333. The fourth-order valence-corrected chi connectivity index (χ4v) is 3.53. The molecule has 0 saturated heterocycles. The van der Waals surface area contributed by atoms with Crippen LogP contribution in [-0.4, -0.2) is 32.3 Å². The van der Waals surface area contributed by atoms with Crippen LogP contribution in [0.2, 0.25) is 0 Å². The molecule has 0 aliphatic rings. The van der Waals surface area contributed by atoms with Crippen LogP contribution >= 0.6 is 0 Å². The standard InChI is InChI=1S/C21H26N6O3/c1-13-16(14(2)26(4)24-13)10-11-17(28)25(3)18-19(22)27(21(30)23-20(18)29)12-15-8-6-5-7-9-15/h5-9H,10-12,22H2,1-4H3,(H,23,29,30). The van der Waals surface area contributed by atoms with Crippen molar-refractivity contribution < 1.29 is 4.79 Å². The Morgan fingerprint density at radius 2 is 1.87 bits per heavy atom. The Balaban J connectivity index is 1.86. The molecule has 0 radical (unpaired) electrons. The van der Waals surface area contributed by atoms with Gasteiger partial charge in [0.05, 0.1) is 12.2 Å². The number of aryl methyl sites for hydroxylation is 2. The number of amides is 1. The van der Waals surface area contributed by atoms with Crippen molar-refractivity contribution in [2.75, 3.05) is 17.7 Å². The van der Waals surface area contributed by atoms with Gasteiger partial charge in [-0.05, 0) is 31.4 Å². The zero-order chi connectivity index (χ0) is 22.0. The third-order valence-electron chi connectivity index (χ3n) is 5.35. The number of hydrogen-bond acceptors (Lipinski definition) is 5. The molecule has 0 saturated carbocycles. The summed E-state index contributed by atoms with van der Waals surface area (Å²) in [6, 6.07) is 9.27. The zero-order valence-corrected chi connectivity index (χ0v) is 17.6. The summed E-state index contributed by atoms with van der Waals surface area (Å²) < 4.78 is 3.03. The highest BCUT2D eigenvalue weighted by atomic mass is 16.2. The van der Waals surface area contributed by atoms with Crippen LogP contribution in [0.15, 0.2) is 39.9 Å². The molecule has 0 unspecified atom stereocenters. The van der Waals surface area contributed by atoms with Crippen molar-refractivity contribution in [3.63, 3.8) is 0 Å². The second-order valence-electron chi connectivity index (χ2n) is 7.29. The number of nitrogens with zero attached hydrogens (tertiary/aromatic N) is 4. The summed E-state index contributed by atoms with van der Waals surface area (Å²) in [6.07, 6.45) is 0.677. The summed E-state index contributed by atoms with van der Waals surface area (Å²) in [5.74, 6) is -0.322. The van der Waals surface area contributed by atoms with Gasteiger partial charge < -0.3 is 10.6 Å². The van der Waals surface area contributed by atoms with Gasteiger partial charge in [-0.3, -0.25) is 23.8 Å². The molecule has 3 N–H and O–H groups in total. The number of aromatic nitrogens is 4. The quantitative estimate of drug-likeness (QED) is 0.631. The molecule has 2 aromatic heterocycles. The lowest BCUT2D eigenvalue weighted by Gasteiger charge is -2.20. The Morgan fingerprint density at radius 3 is 2.47 bits per heavy atom. The summed E-state index contributed by atoms with van der Waals surface area (Å²) in [6.45, 7) is 4.04. The van der Waals surface area contributed by atoms with E-state index in [1.54, 1.807) is 4.68 Å². The van der Waals surface area contributed by atoms with E-state index in [2.05, 4.69) is 10.1 Å². The SMILES string of the molecule is Cc1nn(C)c(C)c1CCC(=O)N(C)c1c(N)n(Cc2ccccc2)c(=O)[nH]c1=O. The molecule has 1 amide bonds. The van der Waals surface area contributed by atoms with E-state index in [0.717, 1.165) is 22.5 Å². The summed E-state index contributed by atoms with van der Waals surface area (Å²) in [7, 11) is 3.35. The van der Waals surface area contributed by atoms with E-state index in [4.69, 9.17) is 5.73 Å². The normalized spacial score (nSPS) is 10.9. The largest absolute Gasteiger partial charge is 0.383 e. The Bertz CT molecular complexity index is 1190. The Kier molecular flexibility index (Phi) is 5.91. The fourth-order valence-electron chi connectivity index (χ4n) is 3.53. The number of carbonyl (C=O) groups is 1. The molecule has 9 nitrogen and oxygen atoms in total.